The zero-order valence-corrected chi connectivity index (χ0v) is 19.5. The van der Waals surface area contributed by atoms with Gasteiger partial charge < -0.3 is 20.1 Å². The Morgan fingerprint density at radius 1 is 0.667 bits per heavy atom. The quantitative estimate of drug-likeness (QED) is 0.244. The molecule has 0 saturated carbocycles. The van der Waals surface area contributed by atoms with Gasteiger partial charge in [-0.25, -0.2) is 0 Å². The number of rotatable bonds is 0. The summed E-state index contributed by atoms with van der Waals surface area (Å²) >= 11 is 3.57. The smallest absolute Gasteiger partial charge is 0.169 e. The van der Waals surface area contributed by atoms with E-state index in [-0.39, 0.29) is 17.2 Å². The predicted octanol–water partition coefficient (Wildman–Crippen LogP) is 6.91. The van der Waals surface area contributed by atoms with Crippen molar-refractivity contribution < 1.29 is 20.1 Å². The SMILES string of the molecule is Oc1ccc2cc1Oc1ccc(cc1)CCc1cccc(O)c1-c1ccc(c(Br)c1O)CC2. The molecule has 4 heterocycles. The van der Waals surface area contributed by atoms with Gasteiger partial charge in [0, 0.05) is 11.1 Å². The summed E-state index contributed by atoms with van der Waals surface area (Å²) in [6, 6.07) is 22.5. The van der Waals surface area contributed by atoms with Gasteiger partial charge in [0.25, 0.3) is 0 Å². The normalized spacial score (nSPS) is 13.1. The molecule has 0 saturated heterocycles. The third kappa shape index (κ3) is 4.29. The molecule has 4 aromatic carbocycles. The minimum absolute atomic E-state index is 0.0943. The Labute approximate surface area is 200 Å². The Kier molecular flexibility index (Phi) is 5.73. The van der Waals surface area contributed by atoms with Crippen LogP contribution < -0.4 is 4.74 Å². The first kappa shape index (κ1) is 21.4. The molecule has 0 atom stereocenters. The average Bonchev–Trinajstić information content (AvgIpc) is 2.81. The van der Waals surface area contributed by atoms with E-state index in [4.69, 9.17) is 4.74 Å². The predicted molar refractivity (Wildman–Crippen MR) is 132 cm³/mol. The van der Waals surface area contributed by atoms with Crippen LogP contribution in [0.1, 0.15) is 22.3 Å². The van der Waals surface area contributed by atoms with E-state index in [9.17, 15) is 15.3 Å². The Bertz CT molecular complexity index is 1330. The van der Waals surface area contributed by atoms with Gasteiger partial charge in [-0.05, 0) is 94.2 Å². The highest BCUT2D eigenvalue weighted by atomic mass is 79.9. The van der Waals surface area contributed by atoms with Crippen molar-refractivity contribution in [1.29, 1.82) is 0 Å². The minimum Gasteiger partial charge on any atom is -0.507 e. The first-order chi connectivity index (χ1) is 16.0. The summed E-state index contributed by atoms with van der Waals surface area (Å²) in [5.41, 5.74) is 5.32. The van der Waals surface area contributed by atoms with E-state index in [0.717, 1.165) is 28.7 Å². The van der Waals surface area contributed by atoms with Crippen LogP contribution in [0, 0.1) is 0 Å². The van der Waals surface area contributed by atoms with Crippen molar-refractivity contribution in [3.8, 4) is 39.9 Å². The van der Waals surface area contributed by atoms with Crippen LogP contribution in [-0.2, 0) is 25.7 Å². The molecule has 4 aliphatic heterocycles. The van der Waals surface area contributed by atoms with Crippen LogP contribution in [0.25, 0.3) is 11.1 Å². The van der Waals surface area contributed by atoms with Gasteiger partial charge in [-0.1, -0.05) is 42.5 Å². The molecule has 4 aliphatic rings. The largest absolute Gasteiger partial charge is 0.507 e. The maximum atomic E-state index is 11.0. The number of ether oxygens (including phenoxy) is 1. The number of halogens is 1. The highest BCUT2D eigenvalue weighted by Gasteiger charge is 2.18. The van der Waals surface area contributed by atoms with Crippen LogP contribution in [0.4, 0.5) is 0 Å². The summed E-state index contributed by atoms with van der Waals surface area (Å²) < 4.78 is 6.58. The van der Waals surface area contributed by atoms with E-state index < -0.39 is 0 Å². The number of hydrogen-bond acceptors (Lipinski definition) is 4. The molecule has 33 heavy (non-hydrogen) atoms. The molecule has 0 spiro atoms. The Hall–Kier alpha value is -3.44. The molecule has 8 rings (SSSR count). The summed E-state index contributed by atoms with van der Waals surface area (Å²) in [6.45, 7) is 0. The van der Waals surface area contributed by atoms with E-state index in [1.54, 1.807) is 12.1 Å². The summed E-state index contributed by atoms with van der Waals surface area (Å²) in [4.78, 5) is 0. The topological polar surface area (TPSA) is 69.9 Å². The van der Waals surface area contributed by atoms with Gasteiger partial charge in [0.1, 0.15) is 17.2 Å². The van der Waals surface area contributed by atoms with Crippen LogP contribution in [0.2, 0.25) is 0 Å². The Balaban J connectivity index is 1.63. The molecule has 6 bridgehead atoms. The van der Waals surface area contributed by atoms with Crippen molar-refractivity contribution >= 4 is 15.9 Å². The molecule has 0 unspecified atom stereocenters. The third-order valence-corrected chi connectivity index (χ3v) is 7.02. The molecular weight excluding hydrogens is 480 g/mol. The fourth-order valence-corrected chi connectivity index (χ4v) is 4.86. The molecule has 0 radical (unpaired) electrons. The maximum Gasteiger partial charge on any atom is 0.169 e. The van der Waals surface area contributed by atoms with Crippen LogP contribution in [0.15, 0.2) is 77.3 Å². The van der Waals surface area contributed by atoms with Crippen molar-refractivity contribution in [3.05, 3.63) is 99.5 Å². The van der Waals surface area contributed by atoms with Gasteiger partial charge >= 0.3 is 0 Å². The van der Waals surface area contributed by atoms with E-state index in [0.29, 0.717) is 46.4 Å². The molecule has 0 fully saturated rings. The lowest BCUT2D eigenvalue weighted by atomic mass is 9.92. The molecule has 4 nitrogen and oxygen atoms in total. The van der Waals surface area contributed by atoms with Crippen LogP contribution >= 0.6 is 15.9 Å². The number of benzene rings is 4. The zero-order chi connectivity index (χ0) is 22.9. The van der Waals surface area contributed by atoms with Crippen LogP contribution in [0.5, 0.6) is 28.7 Å². The van der Waals surface area contributed by atoms with E-state index in [2.05, 4.69) is 15.9 Å². The molecule has 0 aliphatic carbocycles. The van der Waals surface area contributed by atoms with Gasteiger partial charge in [0.15, 0.2) is 11.5 Å². The van der Waals surface area contributed by atoms with Crippen LogP contribution in [0.3, 0.4) is 0 Å². The van der Waals surface area contributed by atoms with Gasteiger partial charge in [-0.3, -0.25) is 0 Å². The molecule has 0 amide bonds. The molecule has 166 valence electrons. The van der Waals surface area contributed by atoms with Crippen molar-refractivity contribution in [1.82, 2.24) is 0 Å². The van der Waals surface area contributed by atoms with Gasteiger partial charge in [-0.2, -0.15) is 0 Å². The number of phenols is 3. The fraction of sp³-hybridized carbons (Fsp3) is 0.143. The Morgan fingerprint density at radius 2 is 1.39 bits per heavy atom. The monoisotopic (exact) mass is 502 g/mol. The Morgan fingerprint density at radius 3 is 2.21 bits per heavy atom. The van der Waals surface area contributed by atoms with Gasteiger partial charge in [0.05, 0.1) is 4.47 Å². The first-order valence-electron chi connectivity index (χ1n) is 10.9. The van der Waals surface area contributed by atoms with Crippen molar-refractivity contribution in [2.45, 2.75) is 25.7 Å². The standard InChI is InChI=1S/C28H23BrO4/c29-27-20-10-5-18-8-15-23(30)25(16-18)33-21-12-6-17(7-13-21)4-9-19-2-1-3-24(31)26(19)22(14-11-20)28(27)32/h1-3,6-8,11-16,30-32H,4-5,9-10H2. The fourth-order valence-electron chi connectivity index (χ4n) is 4.31. The first-order valence-corrected chi connectivity index (χ1v) is 11.7. The highest BCUT2D eigenvalue weighted by molar-refractivity contribution is 9.10. The molecule has 3 N–H and O–H groups in total. The van der Waals surface area contributed by atoms with E-state index >= 15 is 0 Å². The zero-order valence-electron chi connectivity index (χ0n) is 17.9. The summed E-state index contributed by atoms with van der Waals surface area (Å²) in [7, 11) is 0. The van der Waals surface area contributed by atoms with E-state index in [1.807, 2.05) is 60.7 Å². The second kappa shape index (κ2) is 8.83. The number of aryl methyl sites for hydroxylation is 4. The summed E-state index contributed by atoms with van der Waals surface area (Å²) in [5.74, 6) is 1.44. The molecule has 4 aromatic rings. The lowest BCUT2D eigenvalue weighted by molar-refractivity contribution is 0.410. The van der Waals surface area contributed by atoms with Gasteiger partial charge in [0.2, 0.25) is 0 Å². The molecular formula is C28H23BrO4. The van der Waals surface area contributed by atoms with Crippen molar-refractivity contribution in [2.24, 2.45) is 0 Å². The highest BCUT2D eigenvalue weighted by Crippen LogP contribution is 2.43. The molecule has 5 heteroatoms. The maximum absolute atomic E-state index is 11.0. The average molecular weight is 503 g/mol. The second-order valence-corrected chi connectivity index (χ2v) is 9.09. The van der Waals surface area contributed by atoms with E-state index in [1.165, 1.54) is 0 Å². The second-order valence-electron chi connectivity index (χ2n) is 8.29. The van der Waals surface area contributed by atoms with Crippen molar-refractivity contribution in [2.75, 3.05) is 0 Å². The lowest BCUT2D eigenvalue weighted by Crippen LogP contribution is -1.98. The summed E-state index contributed by atoms with van der Waals surface area (Å²) in [5, 5.41) is 32.0. The number of phenolic OH excluding ortho intramolecular Hbond substituents is 3. The van der Waals surface area contributed by atoms with Crippen molar-refractivity contribution in [3.63, 3.8) is 0 Å². The number of hydrogen-bond donors (Lipinski definition) is 3. The van der Waals surface area contributed by atoms with Crippen LogP contribution in [-0.4, -0.2) is 15.3 Å². The lowest BCUT2D eigenvalue weighted by Gasteiger charge is -2.17. The third-order valence-electron chi connectivity index (χ3n) is 6.14. The summed E-state index contributed by atoms with van der Waals surface area (Å²) in [6.07, 6.45) is 2.85. The minimum atomic E-state index is 0.0943. The number of aromatic hydroxyl groups is 3. The van der Waals surface area contributed by atoms with Gasteiger partial charge in [-0.15, -0.1) is 0 Å². The molecule has 0 aromatic heterocycles.